The van der Waals surface area contributed by atoms with Crippen molar-refractivity contribution < 1.29 is 5.11 Å². The Balaban J connectivity index is 2.63. The van der Waals surface area contributed by atoms with Gasteiger partial charge in [0.05, 0.1) is 6.61 Å². The molecule has 0 aromatic carbocycles. The van der Waals surface area contributed by atoms with Gasteiger partial charge in [0.15, 0.2) is 0 Å². The monoisotopic (exact) mass is 125 g/mol. The van der Waals surface area contributed by atoms with Gasteiger partial charge >= 0.3 is 0 Å². The summed E-state index contributed by atoms with van der Waals surface area (Å²) >= 11 is 0. The average Bonchev–Trinajstić information content (AvgIpc) is 1.88. The van der Waals surface area contributed by atoms with Crippen LogP contribution in [-0.4, -0.2) is 11.7 Å². The highest BCUT2D eigenvalue weighted by molar-refractivity contribution is 5.25. The maximum Gasteiger partial charge on any atom is 0.0645 e. The summed E-state index contributed by atoms with van der Waals surface area (Å²) in [5.41, 5.74) is 7.29. The Bertz CT molecular complexity index is 158. The molecule has 1 aliphatic rings. The summed E-state index contributed by atoms with van der Waals surface area (Å²) < 4.78 is 0. The third-order valence-electron chi connectivity index (χ3n) is 1.42. The molecule has 0 saturated carbocycles. The van der Waals surface area contributed by atoms with Crippen LogP contribution in [0.4, 0.5) is 0 Å². The molecule has 0 radical (unpaired) electrons. The second-order valence-corrected chi connectivity index (χ2v) is 2.20. The van der Waals surface area contributed by atoms with Gasteiger partial charge in [-0.25, -0.2) is 0 Å². The first-order valence-electron chi connectivity index (χ1n) is 3.09. The van der Waals surface area contributed by atoms with Gasteiger partial charge in [0.1, 0.15) is 0 Å². The summed E-state index contributed by atoms with van der Waals surface area (Å²) in [6.45, 7) is 0.147. The van der Waals surface area contributed by atoms with Crippen molar-refractivity contribution in [2.45, 2.75) is 12.8 Å². The molecule has 0 aromatic rings. The molecule has 0 amide bonds. The lowest BCUT2D eigenvalue weighted by atomic mass is 10.0. The van der Waals surface area contributed by atoms with Gasteiger partial charge in [-0.1, -0.05) is 6.08 Å². The lowest BCUT2D eigenvalue weighted by Gasteiger charge is -2.07. The summed E-state index contributed by atoms with van der Waals surface area (Å²) in [4.78, 5) is 0. The predicted octanol–water partition coefficient (Wildman–Crippen LogP) is 0.542. The van der Waals surface area contributed by atoms with E-state index in [9.17, 15) is 0 Å². The van der Waals surface area contributed by atoms with Crippen LogP contribution in [0.25, 0.3) is 0 Å². The predicted molar refractivity (Wildman–Crippen MR) is 36.7 cm³/mol. The Morgan fingerprint density at radius 3 is 2.89 bits per heavy atom. The molecule has 0 heterocycles. The molecular weight excluding hydrogens is 114 g/mol. The normalized spacial score (nSPS) is 18.8. The van der Waals surface area contributed by atoms with Crippen LogP contribution in [0.3, 0.4) is 0 Å². The van der Waals surface area contributed by atoms with E-state index in [2.05, 4.69) is 0 Å². The highest BCUT2D eigenvalue weighted by Crippen LogP contribution is 2.12. The Kier molecular flexibility index (Phi) is 1.90. The van der Waals surface area contributed by atoms with E-state index in [1.165, 1.54) is 0 Å². The minimum atomic E-state index is 0.147. The average molecular weight is 125 g/mol. The quantitative estimate of drug-likeness (QED) is 0.537. The van der Waals surface area contributed by atoms with E-state index < -0.39 is 0 Å². The number of allylic oxidation sites excluding steroid dienone is 2. The Labute approximate surface area is 54.7 Å². The van der Waals surface area contributed by atoms with Crippen LogP contribution in [0, 0.1) is 0 Å². The van der Waals surface area contributed by atoms with Crippen molar-refractivity contribution in [2.75, 3.05) is 6.61 Å². The van der Waals surface area contributed by atoms with E-state index in [0.29, 0.717) is 0 Å². The molecule has 0 fully saturated rings. The first kappa shape index (κ1) is 6.36. The van der Waals surface area contributed by atoms with Crippen LogP contribution in [-0.2, 0) is 0 Å². The van der Waals surface area contributed by atoms with Crippen molar-refractivity contribution in [1.29, 1.82) is 0 Å². The second kappa shape index (κ2) is 2.69. The molecule has 3 N–H and O–H groups in total. The minimum Gasteiger partial charge on any atom is -0.399 e. The zero-order valence-corrected chi connectivity index (χ0v) is 5.30. The molecule has 0 bridgehead atoms. The third kappa shape index (κ3) is 1.57. The molecule has 0 spiro atoms. The van der Waals surface area contributed by atoms with Crippen LogP contribution in [0.2, 0.25) is 0 Å². The van der Waals surface area contributed by atoms with E-state index in [0.717, 1.165) is 24.1 Å². The molecule has 9 heavy (non-hydrogen) atoms. The van der Waals surface area contributed by atoms with E-state index in [1.54, 1.807) is 0 Å². The van der Waals surface area contributed by atoms with Crippen LogP contribution < -0.4 is 5.73 Å². The molecule has 2 nitrogen and oxygen atoms in total. The fraction of sp³-hybridized carbons (Fsp3) is 0.429. The molecule has 0 aromatic heterocycles. The second-order valence-electron chi connectivity index (χ2n) is 2.20. The Hall–Kier alpha value is -0.760. The number of nitrogens with two attached hydrogens (primary N) is 1. The summed E-state index contributed by atoms with van der Waals surface area (Å²) in [6.07, 6.45) is 5.73. The molecule has 0 saturated heterocycles. The van der Waals surface area contributed by atoms with Gasteiger partial charge in [0, 0.05) is 5.70 Å². The van der Waals surface area contributed by atoms with Crippen molar-refractivity contribution in [3.05, 3.63) is 23.4 Å². The number of hydrogen-bond donors (Lipinski definition) is 2. The zero-order chi connectivity index (χ0) is 6.69. The van der Waals surface area contributed by atoms with Gasteiger partial charge < -0.3 is 10.8 Å². The van der Waals surface area contributed by atoms with Crippen molar-refractivity contribution in [3.8, 4) is 0 Å². The van der Waals surface area contributed by atoms with E-state index in [1.807, 2.05) is 12.2 Å². The highest BCUT2D eigenvalue weighted by Gasteiger charge is 1.99. The van der Waals surface area contributed by atoms with E-state index >= 15 is 0 Å². The van der Waals surface area contributed by atoms with Gasteiger partial charge in [-0.05, 0) is 24.5 Å². The first-order chi connectivity index (χ1) is 4.33. The molecule has 0 atom stereocenters. The third-order valence-corrected chi connectivity index (χ3v) is 1.42. The van der Waals surface area contributed by atoms with Gasteiger partial charge in [-0.3, -0.25) is 0 Å². The van der Waals surface area contributed by atoms with Gasteiger partial charge in [0.2, 0.25) is 0 Å². The number of aliphatic hydroxyl groups excluding tert-OH is 1. The van der Waals surface area contributed by atoms with Crippen LogP contribution in [0.1, 0.15) is 12.8 Å². The summed E-state index contributed by atoms with van der Waals surface area (Å²) in [5.74, 6) is 0. The zero-order valence-electron chi connectivity index (χ0n) is 5.30. The topological polar surface area (TPSA) is 46.2 Å². The number of aliphatic hydroxyl groups is 1. The molecule has 2 heteroatoms. The molecule has 0 unspecified atom stereocenters. The molecule has 1 rings (SSSR count). The standard InChI is InChI=1S/C7H11NO/c8-7-3-1-2-6(4-7)5-9/h3-4,9H,1-2,5,8H2. The first-order valence-corrected chi connectivity index (χ1v) is 3.09. The van der Waals surface area contributed by atoms with Crippen LogP contribution in [0.15, 0.2) is 23.4 Å². The van der Waals surface area contributed by atoms with Crippen molar-refractivity contribution >= 4 is 0 Å². The summed E-state index contributed by atoms with van der Waals surface area (Å²) in [5, 5.41) is 8.66. The SMILES string of the molecule is NC1=CCCC(CO)=C1. The molecule has 0 aliphatic heterocycles. The lowest BCUT2D eigenvalue weighted by Crippen LogP contribution is -2.02. The summed E-state index contributed by atoms with van der Waals surface area (Å²) in [7, 11) is 0. The Morgan fingerprint density at radius 2 is 2.44 bits per heavy atom. The smallest absolute Gasteiger partial charge is 0.0645 e. The van der Waals surface area contributed by atoms with E-state index in [4.69, 9.17) is 10.8 Å². The van der Waals surface area contributed by atoms with Crippen molar-refractivity contribution in [1.82, 2.24) is 0 Å². The number of hydrogen-bond acceptors (Lipinski definition) is 2. The highest BCUT2D eigenvalue weighted by atomic mass is 16.3. The fourth-order valence-corrected chi connectivity index (χ4v) is 0.916. The molecule has 50 valence electrons. The van der Waals surface area contributed by atoms with Gasteiger partial charge in [-0.2, -0.15) is 0 Å². The fourth-order valence-electron chi connectivity index (χ4n) is 0.916. The Morgan fingerprint density at radius 1 is 1.67 bits per heavy atom. The minimum absolute atomic E-state index is 0.147. The molecule has 1 aliphatic carbocycles. The van der Waals surface area contributed by atoms with Gasteiger partial charge in [0.25, 0.3) is 0 Å². The summed E-state index contributed by atoms with van der Waals surface area (Å²) in [6, 6.07) is 0. The van der Waals surface area contributed by atoms with Crippen molar-refractivity contribution in [3.63, 3.8) is 0 Å². The lowest BCUT2D eigenvalue weighted by molar-refractivity contribution is 0.326. The largest absolute Gasteiger partial charge is 0.399 e. The maximum atomic E-state index is 8.66. The van der Waals surface area contributed by atoms with Crippen molar-refractivity contribution in [2.24, 2.45) is 5.73 Å². The van der Waals surface area contributed by atoms with Crippen LogP contribution in [0.5, 0.6) is 0 Å². The number of rotatable bonds is 1. The van der Waals surface area contributed by atoms with E-state index in [-0.39, 0.29) is 6.61 Å². The maximum absolute atomic E-state index is 8.66. The molecular formula is C7H11NO. The van der Waals surface area contributed by atoms with Gasteiger partial charge in [-0.15, -0.1) is 0 Å². The van der Waals surface area contributed by atoms with Crippen LogP contribution >= 0.6 is 0 Å².